The number of rotatable bonds is 2. The molecule has 0 spiro atoms. The highest BCUT2D eigenvalue weighted by Gasteiger charge is 2.17. The molecule has 0 bridgehead atoms. The van der Waals surface area contributed by atoms with Gasteiger partial charge in [-0.05, 0) is 42.3 Å². The lowest BCUT2D eigenvalue weighted by molar-refractivity contribution is 0.102. The summed E-state index contributed by atoms with van der Waals surface area (Å²) >= 11 is 0. The van der Waals surface area contributed by atoms with Crippen molar-refractivity contribution >= 4 is 11.6 Å². The van der Waals surface area contributed by atoms with Gasteiger partial charge >= 0.3 is 0 Å². The van der Waals surface area contributed by atoms with E-state index in [9.17, 15) is 9.18 Å². The van der Waals surface area contributed by atoms with Crippen molar-refractivity contribution in [1.82, 2.24) is 5.32 Å². The van der Waals surface area contributed by atoms with Crippen molar-refractivity contribution in [3.8, 4) is 0 Å². The van der Waals surface area contributed by atoms with Gasteiger partial charge in [-0.3, -0.25) is 4.79 Å². The zero-order chi connectivity index (χ0) is 13.9. The van der Waals surface area contributed by atoms with Gasteiger partial charge in [0, 0.05) is 12.1 Å². The fourth-order valence-corrected chi connectivity index (χ4v) is 2.50. The van der Waals surface area contributed by atoms with Crippen LogP contribution in [-0.2, 0) is 13.0 Å². The van der Waals surface area contributed by atoms with E-state index in [-0.39, 0.29) is 11.6 Å². The molecule has 0 aliphatic carbocycles. The van der Waals surface area contributed by atoms with Crippen LogP contribution >= 0.6 is 0 Å². The van der Waals surface area contributed by atoms with E-state index in [1.165, 1.54) is 6.07 Å². The lowest BCUT2D eigenvalue weighted by atomic mass is 9.95. The van der Waals surface area contributed by atoms with Crippen LogP contribution in [0.1, 0.15) is 21.5 Å². The highest BCUT2D eigenvalue weighted by Crippen LogP contribution is 2.21. The van der Waals surface area contributed by atoms with Gasteiger partial charge in [-0.25, -0.2) is 4.39 Å². The first kappa shape index (κ1) is 12.8. The number of nitrogens with one attached hydrogen (secondary N) is 2. The highest BCUT2D eigenvalue weighted by molar-refractivity contribution is 6.05. The average Bonchev–Trinajstić information content (AvgIpc) is 2.49. The predicted molar refractivity (Wildman–Crippen MR) is 76.2 cm³/mol. The number of para-hydroxylation sites is 1. The first-order chi connectivity index (χ1) is 9.75. The SMILES string of the molecule is O=C(Nc1ccccc1F)c1cccc2c1CCNC2. The Kier molecular flexibility index (Phi) is 3.48. The summed E-state index contributed by atoms with van der Waals surface area (Å²) in [7, 11) is 0. The van der Waals surface area contributed by atoms with Gasteiger partial charge in [0.2, 0.25) is 0 Å². The lowest BCUT2D eigenvalue weighted by Gasteiger charge is -2.20. The fraction of sp³-hybridized carbons (Fsp3) is 0.188. The maximum Gasteiger partial charge on any atom is 0.256 e. The molecule has 3 rings (SSSR count). The summed E-state index contributed by atoms with van der Waals surface area (Å²) in [6.07, 6.45) is 0.816. The van der Waals surface area contributed by atoms with Gasteiger partial charge in [0.15, 0.2) is 0 Å². The second-order valence-corrected chi connectivity index (χ2v) is 4.80. The molecule has 1 aliphatic rings. The third kappa shape index (κ3) is 2.42. The molecule has 0 radical (unpaired) electrons. The van der Waals surface area contributed by atoms with E-state index in [4.69, 9.17) is 0 Å². The lowest BCUT2D eigenvalue weighted by Crippen LogP contribution is -2.26. The smallest absolute Gasteiger partial charge is 0.256 e. The summed E-state index contributed by atoms with van der Waals surface area (Å²) in [5, 5.41) is 5.92. The zero-order valence-electron chi connectivity index (χ0n) is 10.9. The molecule has 2 aromatic rings. The summed E-state index contributed by atoms with van der Waals surface area (Å²) in [6.45, 7) is 1.63. The molecule has 0 unspecified atom stereocenters. The minimum atomic E-state index is -0.424. The van der Waals surface area contributed by atoms with Crippen molar-refractivity contribution in [2.45, 2.75) is 13.0 Å². The largest absolute Gasteiger partial charge is 0.319 e. The molecule has 20 heavy (non-hydrogen) atoms. The Hall–Kier alpha value is -2.20. The number of carbonyl (C=O) groups is 1. The summed E-state index contributed by atoms with van der Waals surface area (Å²) < 4.78 is 13.6. The molecular weight excluding hydrogens is 255 g/mol. The van der Waals surface area contributed by atoms with E-state index in [0.717, 1.165) is 30.6 Å². The minimum absolute atomic E-state index is 0.212. The molecule has 3 nitrogen and oxygen atoms in total. The summed E-state index contributed by atoms with van der Waals surface area (Å²) in [6, 6.07) is 11.9. The zero-order valence-corrected chi connectivity index (χ0v) is 10.9. The summed E-state index contributed by atoms with van der Waals surface area (Å²) in [4.78, 5) is 12.3. The molecule has 2 aromatic carbocycles. The van der Waals surface area contributed by atoms with E-state index >= 15 is 0 Å². The van der Waals surface area contributed by atoms with Crippen LogP contribution in [0.3, 0.4) is 0 Å². The van der Waals surface area contributed by atoms with Crippen LogP contribution in [0.25, 0.3) is 0 Å². The number of anilines is 1. The number of hydrogen-bond acceptors (Lipinski definition) is 2. The van der Waals surface area contributed by atoms with E-state index in [1.807, 2.05) is 12.1 Å². The molecule has 0 fully saturated rings. The summed E-state index contributed by atoms with van der Waals surface area (Å²) in [5.74, 6) is -0.679. The monoisotopic (exact) mass is 270 g/mol. The first-order valence-corrected chi connectivity index (χ1v) is 6.63. The molecular formula is C16H15FN2O. The summed E-state index contributed by atoms with van der Waals surface area (Å²) in [5.41, 5.74) is 3.04. The van der Waals surface area contributed by atoms with Crippen molar-refractivity contribution < 1.29 is 9.18 Å². The number of fused-ring (bicyclic) bond motifs is 1. The van der Waals surface area contributed by atoms with Gasteiger partial charge in [0.05, 0.1) is 5.69 Å². The van der Waals surface area contributed by atoms with Gasteiger partial charge in [-0.2, -0.15) is 0 Å². The van der Waals surface area contributed by atoms with Gasteiger partial charge in [0.25, 0.3) is 5.91 Å². The predicted octanol–water partition coefficient (Wildman–Crippen LogP) is 2.72. The number of hydrogen-bond donors (Lipinski definition) is 2. The third-order valence-electron chi connectivity index (χ3n) is 3.51. The van der Waals surface area contributed by atoms with Crippen LogP contribution in [0.5, 0.6) is 0 Å². The first-order valence-electron chi connectivity index (χ1n) is 6.63. The Morgan fingerprint density at radius 1 is 1.15 bits per heavy atom. The number of amides is 1. The van der Waals surface area contributed by atoms with E-state index in [1.54, 1.807) is 24.3 Å². The van der Waals surface area contributed by atoms with Crippen molar-refractivity contribution in [3.05, 3.63) is 65.0 Å². The minimum Gasteiger partial charge on any atom is -0.319 e. The highest BCUT2D eigenvalue weighted by atomic mass is 19.1. The van der Waals surface area contributed by atoms with Gasteiger partial charge in [-0.15, -0.1) is 0 Å². The van der Waals surface area contributed by atoms with E-state index in [0.29, 0.717) is 5.56 Å². The molecule has 1 amide bonds. The quantitative estimate of drug-likeness (QED) is 0.881. The second-order valence-electron chi connectivity index (χ2n) is 4.80. The molecule has 102 valence electrons. The topological polar surface area (TPSA) is 41.1 Å². The van der Waals surface area contributed by atoms with Gasteiger partial charge in [-0.1, -0.05) is 24.3 Å². The Labute approximate surface area is 116 Å². The molecule has 1 heterocycles. The number of benzene rings is 2. The van der Waals surface area contributed by atoms with Crippen molar-refractivity contribution in [3.63, 3.8) is 0 Å². The maximum atomic E-state index is 13.6. The Morgan fingerprint density at radius 3 is 2.85 bits per heavy atom. The van der Waals surface area contributed by atoms with E-state index in [2.05, 4.69) is 10.6 Å². The second kappa shape index (κ2) is 5.43. The Bertz CT molecular complexity index is 655. The molecule has 4 heteroatoms. The van der Waals surface area contributed by atoms with Crippen molar-refractivity contribution in [2.75, 3.05) is 11.9 Å². The molecule has 0 atom stereocenters. The number of carbonyl (C=O) groups excluding carboxylic acids is 1. The van der Waals surface area contributed by atoms with Crippen molar-refractivity contribution in [2.24, 2.45) is 0 Å². The van der Waals surface area contributed by atoms with Crippen LogP contribution in [0.15, 0.2) is 42.5 Å². The number of halogens is 1. The fourth-order valence-electron chi connectivity index (χ4n) is 2.50. The molecule has 2 N–H and O–H groups in total. The maximum absolute atomic E-state index is 13.6. The van der Waals surface area contributed by atoms with Crippen LogP contribution in [0, 0.1) is 5.82 Å². The molecule has 0 saturated carbocycles. The van der Waals surface area contributed by atoms with E-state index < -0.39 is 5.82 Å². The standard InChI is InChI=1S/C16H15FN2O/c17-14-6-1-2-7-15(14)19-16(20)13-5-3-4-11-10-18-9-8-12(11)13/h1-7,18H,8-10H2,(H,19,20). The molecule has 0 aromatic heterocycles. The molecule has 0 saturated heterocycles. The van der Waals surface area contributed by atoms with Crippen LogP contribution in [0.4, 0.5) is 10.1 Å². The van der Waals surface area contributed by atoms with Crippen LogP contribution in [-0.4, -0.2) is 12.5 Å². The van der Waals surface area contributed by atoms with Gasteiger partial charge in [0.1, 0.15) is 5.82 Å². The normalized spacial score (nSPS) is 13.7. The Balaban J connectivity index is 1.90. The van der Waals surface area contributed by atoms with Crippen LogP contribution in [0.2, 0.25) is 0 Å². The van der Waals surface area contributed by atoms with Gasteiger partial charge < -0.3 is 10.6 Å². The van der Waals surface area contributed by atoms with Crippen LogP contribution < -0.4 is 10.6 Å². The Morgan fingerprint density at radius 2 is 2.00 bits per heavy atom. The molecule has 1 aliphatic heterocycles. The van der Waals surface area contributed by atoms with Crippen molar-refractivity contribution in [1.29, 1.82) is 0 Å². The third-order valence-corrected chi connectivity index (χ3v) is 3.51. The average molecular weight is 270 g/mol.